The van der Waals surface area contributed by atoms with Crippen molar-refractivity contribution in [3.05, 3.63) is 63.1 Å². The summed E-state index contributed by atoms with van der Waals surface area (Å²) in [5.74, 6) is 0. The molecule has 0 atom stereocenters. The zero-order valence-electron chi connectivity index (χ0n) is 10.9. The van der Waals surface area contributed by atoms with Crippen molar-refractivity contribution in [2.24, 2.45) is 0 Å². The quantitative estimate of drug-likeness (QED) is 0.822. The highest BCUT2D eigenvalue weighted by atomic mass is 79.9. The molecule has 0 unspecified atom stereocenters. The molecule has 0 heterocycles. The number of rotatable bonds is 3. The van der Waals surface area contributed by atoms with E-state index >= 15 is 0 Å². The van der Waals surface area contributed by atoms with Gasteiger partial charge in [-0.2, -0.15) is 0 Å². The summed E-state index contributed by atoms with van der Waals surface area (Å²) in [5, 5.41) is 6.27. The summed E-state index contributed by atoms with van der Waals surface area (Å²) < 4.78 is 0.975. The molecule has 0 saturated heterocycles. The van der Waals surface area contributed by atoms with Crippen LogP contribution in [0.1, 0.15) is 11.1 Å². The lowest BCUT2D eigenvalue weighted by Crippen LogP contribution is -2.28. The Bertz CT molecular complexity index is 631. The van der Waals surface area contributed by atoms with E-state index in [-0.39, 0.29) is 6.03 Å². The molecule has 2 rings (SSSR count). The summed E-state index contributed by atoms with van der Waals surface area (Å²) in [7, 11) is 0. The first-order chi connectivity index (χ1) is 9.56. The van der Waals surface area contributed by atoms with E-state index < -0.39 is 0 Å². The highest BCUT2D eigenvalue weighted by Gasteiger charge is 2.05. The molecular weight excluding hydrogens is 340 g/mol. The predicted octanol–water partition coefficient (Wildman–Crippen LogP) is 4.73. The van der Waals surface area contributed by atoms with Crippen LogP contribution in [0.4, 0.5) is 10.5 Å². The summed E-state index contributed by atoms with van der Waals surface area (Å²) in [6.07, 6.45) is 0. The fourth-order valence-corrected chi connectivity index (χ4v) is 2.40. The number of amides is 2. The average Bonchev–Trinajstić information content (AvgIpc) is 2.41. The van der Waals surface area contributed by atoms with Crippen molar-refractivity contribution in [1.29, 1.82) is 0 Å². The summed E-state index contributed by atoms with van der Waals surface area (Å²) >= 11 is 9.33. The Hall–Kier alpha value is -1.52. The number of carbonyl (C=O) groups excluding carboxylic acids is 1. The zero-order valence-corrected chi connectivity index (χ0v) is 13.3. The molecule has 0 aromatic heterocycles. The molecule has 0 fully saturated rings. The molecule has 20 heavy (non-hydrogen) atoms. The average molecular weight is 354 g/mol. The second kappa shape index (κ2) is 6.77. The van der Waals surface area contributed by atoms with E-state index in [0.717, 1.165) is 21.3 Å². The van der Waals surface area contributed by atoms with Crippen LogP contribution in [0.25, 0.3) is 0 Å². The van der Waals surface area contributed by atoms with E-state index in [9.17, 15) is 4.79 Å². The number of carbonyl (C=O) groups is 1. The highest BCUT2D eigenvalue weighted by molar-refractivity contribution is 9.10. The molecule has 104 valence electrons. The van der Waals surface area contributed by atoms with Crippen molar-refractivity contribution in [2.45, 2.75) is 13.5 Å². The number of urea groups is 1. The first-order valence-corrected chi connectivity index (χ1v) is 7.28. The molecule has 2 aromatic carbocycles. The van der Waals surface area contributed by atoms with Gasteiger partial charge in [-0.15, -0.1) is 0 Å². The Balaban J connectivity index is 1.94. The molecule has 2 N–H and O–H groups in total. The molecule has 2 amide bonds. The van der Waals surface area contributed by atoms with Gasteiger partial charge in [-0.05, 0) is 42.3 Å². The molecule has 3 nitrogen and oxygen atoms in total. The van der Waals surface area contributed by atoms with Gasteiger partial charge >= 0.3 is 6.03 Å². The van der Waals surface area contributed by atoms with Crippen LogP contribution in [0.3, 0.4) is 0 Å². The van der Waals surface area contributed by atoms with Crippen LogP contribution in [0.5, 0.6) is 0 Å². The van der Waals surface area contributed by atoms with Gasteiger partial charge in [-0.1, -0.05) is 45.7 Å². The number of benzene rings is 2. The number of aryl methyl sites for hydroxylation is 1. The second-order valence-electron chi connectivity index (χ2n) is 4.36. The molecule has 0 radical (unpaired) electrons. The minimum Gasteiger partial charge on any atom is -0.334 e. The van der Waals surface area contributed by atoms with Gasteiger partial charge < -0.3 is 10.6 Å². The Morgan fingerprint density at radius 2 is 2.00 bits per heavy atom. The molecule has 0 spiro atoms. The van der Waals surface area contributed by atoms with Gasteiger partial charge in [-0.25, -0.2) is 4.79 Å². The lowest BCUT2D eigenvalue weighted by atomic mass is 10.2. The SMILES string of the molecule is Cc1cc(Cl)ccc1NC(=O)NCc1ccccc1Br. The Labute approximate surface area is 131 Å². The third-order valence-corrected chi connectivity index (χ3v) is 3.84. The molecule has 2 aromatic rings. The summed E-state index contributed by atoms with van der Waals surface area (Å²) in [6, 6.07) is 12.9. The smallest absolute Gasteiger partial charge is 0.319 e. The van der Waals surface area contributed by atoms with Gasteiger partial charge in [0.2, 0.25) is 0 Å². The fourth-order valence-electron chi connectivity index (χ4n) is 1.75. The van der Waals surface area contributed by atoms with Gasteiger partial charge in [0.1, 0.15) is 0 Å². The minimum absolute atomic E-state index is 0.244. The Morgan fingerprint density at radius 1 is 1.25 bits per heavy atom. The Kier molecular flexibility index (Phi) is 5.04. The zero-order chi connectivity index (χ0) is 14.5. The van der Waals surface area contributed by atoms with E-state index in [0.29, 0.717) is 11.6 Å². The lowest BCUT2D eigenvalue weighted by Gasteiger charge is -2.11. The van der Waals surface area contributed by atoms with Crippen molar-refractivity contribution in [3.63, 3.8) is 0 Å². The first-order valence-electron chi connectivity index (χ1n) is 6.10. The molecule has 0 aliphatic carbocycles. The van der Waals surface area contributed by atoms with Gasteiger partial charge in [0.25, 0.3) is 0 Å². The number of hydrogen-bond donors (Lipinski definition) is 2. The topological polar surface area (TPSA) is 41.1 Å². The maximum Gasteiger partial charge on any atom is 0.319 e. The summed E-state index contributed by atoms with van der Waals surface area (Å²) in [4.78, 5) is 11.9. The second-order valence-corrected chi connectivity index (χ2v) is 5.65. The molecule has 5 heteroatoms. The third kappa shape index (κ3) is 3.99. The van der Waals surface area contributed by atoms with E-state index in [4.69, 9.17) is 11.6 Å². The van der Waals surface area contributed by atoms with E-state index in [1.807, 2.05) is 37.3 Å². The summed E-state index contributed by atoms with van der Waals surface area (Å²) in [5.41, 5.74) is 2.70. The minimum atomic E-state index is -0.244. The van der Waals surface area contributed by atoms with Crippen LogP contribution in [-0.4, -0.2) is 6.03 Å². The largest absolute Gasteiger partial charge is 0.334 e. The molecule has 0 bridgehead atoms. The molecule has 0 aliphatic rings. The van der Waals surface area contributed by atoms with E-state index in [2.05, 4.69) is 26.6 Å². The van der Waals surface area contributed by atoms with Crippen molar-refractivity contribution in [2.75, 3.05) is 5.32 Å². The number of nitrogens with one attached hydrogen (secondary N) is 2. The fraction of sp³-hybridized carbons (Fsp3) is 0.133. The van der Waals surface area contributed by atoms with E-state index in [1.54, 1.807) is 12.1 Å². The van der Waals surface area contributed by atoms with Crippen molar-refractivity contribution >= 4 is 39.2 Å². The predicted molar refractivity (Wildman–Crippen MR) is 86.2 cm³/mol. The third-order valence-electron chi connectivity index (χ3n) is 2.83. The Morgan fingerprint density at radius 3 is 2.70 bits per heavy atom. The lowest BCUT2D eigenvalue weighted by molar-refractivity contribution is 0.251. The van der Waals surface area contributed by atoms with Gasteiger partial charge in [0.05, 0.1) is 0 Å². The summed E-state index contributed by atoms with van der Waals surface area (Å²) in [6.45, 7) is 2.36. The number of halogens is 2. The highest BCUT2D eigenvalue weighted by Crippen LogP contribution is 2.19. The van der Waals surface area contributed by atoms with Crippen LogP contribution in [-0.2, 0) is 6.54 Å². The van der Waals surface area contributed by atoms with Gasteiger partial charge in [0.15, 0.2) is 0 Å². The number of anilines is 1. The van der Waals surface area contributed by atoms with Crippen LogP contribution < -0.4 is 10.6 Å². The van der Waals surface area contributed by atoms with Crippen molar-refractivity contribution in [3.8, 4) is 0 Å². The normalized spacial score (nSPS) is 10.2. The maximum atomic E-state index is 11.9. The standard InChI is InChI=1S/C15H14BrClN2O/c1-10-8-12(17)6-7-14(10)19-15(20)18-9-11-4-2-3-5-13(11)16/h2-8H,9H2,1H3,(H2,18,19,20). The monoisotopic (exact) mass is 352 g/mol. The molecular formula is C15H14BrClN2O. The molecule has 0 aliphatic heterocycles. The molecule has 0 saturated carbocycles. The van der Waals surface area contributed by atoms with E-state index in [1.165, 1.54) is 0 Å². The van der Waals surface area contributed by atoms with Crippen LogP contribution in [0, 0.1) is 6.92 Å². The van der Waals surface area contributed by atoms with Crippen molar-refractivity contribution in [1.82, 2.24) is 5.32 Å². The van der Waals surface area contributed by atoms with Crippen LogP contribution >= 0.6 is 27.5 Å². The number of hydrogen-bond acceptors (Lipinski definition) is 1. The van der Waals surface area contributed by atoms with Crippen molar-refractivity contribution < 1.29 is 4.79 Å². The maximum absolute atomic E-state index is 11.9. The van der Waals surface area contributed by atoms with Crippen LogP contribution in [0.15, 0.2) is 46.9 Å². The first kappa shape index (κ1) is 14.9. The van der Waals surface area contributed by atoms with Gasteiger partial charge in [-0.3, -0.25) is 0 Å². The van der Waals surface area contributed by atoms with Gasteiger partial charge in [0, 0.05) is 21.7 Å². The van der Waals surface area contributed by atoms with Crippen LogP contribution in [0.2, 0.25) is 5.02 Å².